The van der Waals surface area contributed by atoms with E-state index in [0.717, 1.165) is 0 Å². The molecular weight excluding hydrogens is 310 g/mol. The van der Waals surface area contributed by atoms with Gasteiger partial charge in [0.2, 0.25) is 5.91 Å². The summed E-state index contributed by atoms with van der Waals surface area (Å²) in [7, 11) is 0. The van der Waals surface area contributed by atoms with Crippen LogP contribution in [0.15, 0.2) is 18.2 Å². The number of amides is 3. The minimum Gasteiger partial charge on any atom is -0.506 e. The molecular formula is C14H16ClN3O4. The summed E-state index contributed by atoms with van der Waals surface area (Å²) in [5.41, 5.74) is 0.00182. The smallest absolute Gasteiger partial charge is 0.316 e. The van der Waals surface area contributed by atoms with Crippen LogP contribution in [0, 0.1) is 5.92 Å². The molecule has 3 amide bonds. The lowest BCUT2D eigenvalue weighted by Crippen LogP contribution is -2.44. The van der Waals surface area contributed by atoms with Gasteiger partial charge < -0.3 is 15.7 Å². The molecule has 4 N–H and O–H groups in total. The predicted octanol–water partition coefficient (Wildman–Crippen LogP) is 0.626. The third kappa shape index (κ3) is 4.19. The molecule has 1 aromatic rings. The topological polar surface area (TPSA) is 108 Å². The maximum atomic E-state index is 11.9. The second-order valence-corrected chi connectivity index (χ2v) is 5.39. The molecule has 0 aliphatic carbocycles. The van der Waals surface area contributed by atoms with Gasteiger partial charge in [-0.25, -0.2) is 0 Å². The zero-order valence-corrected chi connectivity index (χ0v) is 12.4. The second kappa shape index (κ2) is 7.24. The number of phenolic OH excluding ortho intramolecular Hbond substituents is 1. The van der Waals surface area contributed by atoms with Crippen molar-refractivity contribution < 1.29 is 19.5 Å². The SMILES string of the molecule is O=C(NC(=O)C1CCNCC1)C(=O)Nc1cc(Cl)ccc1O. The van der Waals surface area contributed by atoms with Crippen LogP contribution in [0.1, 0.15) is 12.8 Å². The van der Waals surface area contributed by atoms with Gasteiger partial charge in [-0.2, -0.15) is 0 Å². The first-order chi connectivity index (χ1) is 10.5. The summed E-state index contributed by atoms with van der Waals surface area (Å²) in [5, 5.41) is 17.2. The maximum Gasteiger partial charge on any atom is 0.316 e. The van der Waals surface area contributed by atoms with Gasteiger partial charge in [0.25, 0.3) is 0 Å². The van der Waals surface area contributed by atoms with E-state index in [1.54, 1.807) is 0 Å². The van der Waals surface area contributed by atoms with Crippen molar-refractivity contribution >= 4 is 35.0 Å². The number of halogens is 1. The van der Waals surface area contributed by atoms with E-state index in [9.17, 15) is 19.5 Å². The van der Waals surface area contributed by atoms with Gasteiger partial charge in [-0.3, -0.25) is 19.7 Å². The van der Waals surface area contributed by atoms with Crippen molar-refractivity contribution in [2.24, 2.45) is 5.92 Å². The molecule has 7 nitrogen and oxygen atoms in total. The molecule has 1 saturated heterocycles. The highest BCUT2D eigenvalue weighted by molar-refractivity contribution is 6.42. The fourth-order valence-corrected chi connectivity index (χ4v) is 2.31. The minimum absolute atomic E-state index is 0.00182. The van der Waals surface area contributed by atoms with E-state index >= 15 is 0 Å². The first kappa shape index (κ1) is 16.3. The van der Waals surface area contributed by atoms with Gasteiger partial charge in [0, 0.05) is 10.9 Å². The first-order valence-corrected chi connectivity index (χ1v) is 7.20. The normalized spacial score (nSPS) is 15.1. The van der Waals surface area contributed by atoms with E-state index in [1.807, 2.05) is 0 Å². The van der Waals surface area contributed by atoms with Crippen LogP contribution in [0.25, 0.3) is 0 Å². The van der Waals surface area contributed by atoms with Gasteiger partial charge in [0.05, 0.1) is 5.69 Å². The van der Waals surface area contributed by atoms with Crippen LogP contribution < -0.4 is 16.0 Å². The van der Waals surface area contributed by atoms with Crippen molar-refractivity contribution in [3.8, 4) is 5.75 Å². The first-order valence-electron chi connectivity index (χ1n) is 6.83. The molecule has 118 valence electrons. The number of benzene rings is 1. The van der Waals surface area contributed by atoms with E-state index in [-0.39, 0.29) is 17.4 Å². The number of nitrogens with one attached hydrogen (secondary N) is 3. The van der Waals surface area contributed by atoms with Crippen molar-refractivity contribution in [3.05, 3.63) is 23.2 Å². The van der Waals surface area contributed by atoms with Crippen molar-refractivity contribution in [3.63, 3.8) is 0 Å². The van der Waals surface area contributed by atoms with Crippen LogP contribution in [-0.2, 0) is 14.4 Å². The third-order valence-corrected chi connectivity index (χ3v) is 3.59. The second-order valence-electron chi connectivity index (χ2n) is 4.96. The van der Waals surface area contributed by atoms with Gasteiger partial charge in [0.1, 0.15) is 5.75 Å². The standard InChI is InChI=1S/C14H16ClN3O4/c15-9-1-2-11(19)10(7-9)17-13(21)14(22)18-12(20)8-3-5-16-6-4-8/h1-2,7-8,16,19H,3-6H2,(H,17,21)(H,18,20,22). The number of imide groups is 1. The minimum atomic E-state index is -1.07. The maximum absolute atomic E-state index is 11.9. The molecule has 0 unspecified atom stereocenters. The van der Waals surface area contributed by atoms with E-state index in [1.165, 1.54) is 18.2 Å². The molecule has 2 rings (SSSR count). The van der Waals surface area contributed by atoms with Crippen LogP contribution in [0.5, 0.6) is 5.75 Å². The van der Waals surface area contributed by atoms with Crippen molar-refractivity contribution in [1.82, 2.24) is 10.6 Å². The van der Waals surface area contributed by atoms with Gasteiger partial charge in [-0.1, -0.05) is 11.6 Å². The number of carbonyl (C=O) groups excluding carboxylic acids is 3. The Hall–Kier alpha value is -2.12. The number of hydrogen-bond acceptors (Lipinski definition) is 5. The summed E-state index contributed by atoms with van der Waals surface area (Å²) in [4.78, 5) is 35.4. The highest BCUT2D eigenvalue weighted by Crippen LogP contribution is 2.26. The number of piperidine rings is 1. The highest BCUT2D eigenvalue weighted by Gasteiger charge is 2.25. The van der Waals surface area contributed by atoms with Crippen LogP contribution in [0.4, 0.5) is 5.69 Å². The number of hydrogen-bond donors (Lipinski definition) is 4. The van der Waals surface area contributed by atoms with Crippen molar-refractivity contribution in [2.45, 2.75) is 12.8 Å². The van der Waals surface area contributed by atoms with Crippen molar-refractivity contribution in [2.75, 3.05) is 18.4 Å². The number of carbonyl (C=O) groups is 3. The van der Waals surface area contributed by atoms with Gasteiger partial charge in [0.15, 0.2) is 0 Å². The van der Waals surface area contributed by atoms with E-state index in [0.29, 0.717) is 31.0 Å². The Labute approximate surface area is 132 Å². The monoisotopic (exact) mass is 325 g/mol. The molecule has 1 fully saturated rings. The molecule has 0 spiro atoms. The zero-order valence-electron chi connectivity index (χ0n) is 11.7. The van der Waals surface area contributed by atoms with Crippen LogP contribution in [-0.4, -0.2) is 35.9 Å². The molecule has 22 heavy (non-hydrogen) atoms. The number of phenols is 1. The largest absolute Gasteiger partial charge is 0.506 e. The summed E-state index contributed by atoms with van der Waals surface area (Å²) in [6.45, 7) is 1.41. The Bertz CT molecular complexity index is 600. The Morgan fingerprint density at radius 3 is 2.55 bits per heavy atom. The predicted molar refractivity (Wildman–Crippen MR) is 80.5 cm³/mol. The highest BCUT2D eigenvalue weighted by atomic mass is 35.5. The lowest BCUT2D eigenvalue weighted by molar-refractivity contribution is -0.141. The number of anilines is 1. The quantitative estimate of drug-likeness (QED) is 0.471. The van der Waals surface area contributed by atoms with E-state index in [4.69, 9.17) is 11.6 Å². The molecule has 1 aliphatic heterocycles. The Kier molecular flexibility index (Phi) is 5.35. The Morgan fingerprint density at radius 1 is 1.18 bits per heavy atom. The Balaban J connectivity index is 1.93. The van der Waals surface area contributed by atoms with E-state index in [2.05, 4.69) is 16.0 Å². The van der Waals surface area contributed by atoms with Crippen molar-refractivity contribution in [1.29, 1.82) is 0 Å². The fourth-order valence-electron chi connectivity index (χ4n) is 2.14. The summed E-state index contributed by atoms with van der Waals surface area (Å²) in [6.07, 6.45) is 1.24. The fraction of sp³-hybridized carbons (Fsp3) is 0.357. The molecule has 1 heterocycles. The molecule has 0 saturated carbocycles. The molecule has 0 aromatic heterocycles. The van der Waals surface area contributed by atoms with Gasteiger partial charge in [-0.15, -0.1) is 0 Å². The summed E-state index contributed by atoms with van der Waals surface area (Å²) >= 11 is 5.74. The Morgan fingerprint density at radius 2 is 1.86 bits per heavy atom. The van der Waals surface area contributed by atoms with Gasteiger partial charge in [-0.05, 0) is 44.1 Å². The number of aromatic hydroxyl groups is 1. The zero-order chi connectivity index (χ0) is 16.1. The molecule has 1 aliphatic rings. The third-order valence-electron chi connectivity index (χ3n) is 3.36. The lowest BCUT2D eigenvalue weighted by Gasteiger charge is -2.21. The average Bonchev–Trinajstić information content (AvgIpc) is 2.51. The molecule has 1 aromatic carbocycles. The number of rotatable bonds is 2. The molecule has 0 atom stereocenters. The lowest BCUT2D eigenvalue weighted by atomic mass is 9.97. The van der Waals surface area contributed by atoms with Gasteiger partial charge >= 0.3 is 11.8 Å². The van der Waals surface area contributed by atoms with Crippen LogP contribution in [0.3, 0.4) is 0 Å². The molecule has 8 heteroatoms. The van der Waals surface area contributed by atoms with E-state index < -0.39 is 17.7 Å². The summed E-state index contributed by atoms with van der Waals surface area (Å²) in [6, 6.07) is 4.03. The van der Waals surface area contributed by atoms with Crippen LogP contribution >= 0.6 is 11.6 Å². The molecule has 0 bridgehead atoms. The average molecular weight is 326 g/mol. The summed E-state index contributed by atoms with van der Waals surface area (Å²) < 4.78 is 0. The summed E-state index contributed by atoms with van der Waals surface area (Å²) in [5.74, 6) is -3.08. The molecule has 0 radical (unpaired) electrons. The van der Waals surface area contributed by atoms with Crippen LogP contribution in [0.2, 0.25) is 5.02 Å².